The standard InChI is InChI=1S/C20H17BrCl2N2O4/c1-29-18(27)20(9-12-2-4-13(21)5-3-12)10-17(26)11-25(20)19(28)24-16-7-14(22)6-15(23)8-16/h2-8H,9-11H2,1H3,(H,24,28). The molecule has 0 aliphatic carbocycles. The van der Waals surface area contributed by atoms with E-state index in [0.717, 1.165) is 10.0 Å². The molecule has 1 atom stereocenters. The van der Waals surface area contributed by atoms with E-state index in [4.69, 9.17) is 27.9 Å². The molecule has 9 heteroatoms. The van der Waals surface area contributed by atoms with Crippen LogP contribution in [-0.4, -0.2) is 41.9 Å². The molecule has 2 amide bonds. The number of nitrogens with zero attached hydrogens (tertiary/aromatic N) is 1. The molecule has 29 heavy (non-hydrogen) atoms. The number of benzene rings is 2. The maximum atomic E-state index is 13.0. The summed E-state index contributed by atoms with van der Waals surface area (Å²) in [4.78, 5) is 39.3. The molecule has 2 aromatic rings. The Balaban J connectivity index is 1.94. The fourth-order valence-electron chi connectivity index (χ4n) is 3.43. The van der Waals surface area contributed by atoms with E-state index in [0.29, 0.717) is 15.7 Å². The lowest BCUT2D eigenvalue weighted by Crippen LogP contribution is -2.56. The average Bonchev–Trinajstić information content (AvgIpc) is 2.99. The van der Waals surface area contributed by atoms with Crippen LogP contribution in [0.15, 0.2) is 46.9 Å². The summed E-state index contributed by atoms with van der Waals surface area (Å²) in [7, 11) is 1.24. The molecule has 1 heterocycles. The quantitative estimate of drug-likeness (QED) is 0.617. The molecular weight excluding hydrogens is 483 g/mol. The number of hydrogen-bond donors (Lipinski definition) is 1. The molecule has 1 N–H and O–H groups in total. The van der Waals surface area contributed by atoms with E-state index in [1.807, 2.05) is 24.3 Å². The molecular formula is C20H17BrCl2N2O4. The lowest BCUT2D eigenvalue weighted by atomic mass is 9.88. The highest BCUT2D eigenvalue weighted by atomic mass is 79.9. The number of ether oxygens (including phenoxy) is 1. The lowest BCUT2D eigenvalue weighted by molar-refractivity contribution is -0.152. The molecule has 6 nitrogen and oxygen atoms in total. The lowest BCUT2D eigenvalue weighted by Gasteiger charge is -2.35. The summed E-state index contributed by atoms with van der Waals surface area (Å²) in [5.41, 5.74) is -0.294. The van der Waals surface area contributed by atoms with Crippen molar-refractivity contribution >= 4 is 62.6 Å². The summed E-state index contributed by atoms with van der Waals surface area (Å²) in [6, 6.07) is 11.3. The van der Waals surface area contributed by atoms with Gasteiger partial charge in [-0.3, -0.25) is 9.69 Å². The van der Waals surface area contributed by atoms with Crippen LogP contribution in [-0.2, 0) is 20.7 Å². The third-order valence-corrected chi connectivity index (χ3v) is 5.64. The van der Waals surface area contributed by atoms with Gasteiger partial charge in [-0.2, -0.15) is 0 Å². The van der Waals surface area contributed by atoms with Gasteiger partial charge in [-0.25, -0.2) is 9.59 Å². The van der Waals surface area contributed by atoms with Gasteiger partial charge in [0.1, 0.15) is 0 Å². The number of methoxy groups -OCH3 is 1. The molecule has 1 unspecified atom stereocenters. The minimum absolute atomic E-state index is 0.126. The SMILES string of the molecule is COC(=O)C1(Cc2ccc(Br)cc2)CC(=O)CN1C(=O)Nc1cc(Cl)cc(Cl)c1. The average molecular weight is 500 g/mol. The molecule has 1 fully saturated rings. The Labute approximate surface area is 186 Å². The first-order valence-corrected chi connectivity index (χ1v) is 10.2. The highest BCUT2D eigenvalue weighted by molar-refractivity contribution is 9.10. The van der Waals surface area contributed by atoms with E-state index in [1.165, 1.54) is 30.2 Å². The monoisotopic (exact) mass is 498 g/mol. The Morgan fingerprint density at radius 3 is 2.38 bits per heavy atom. The fraction of sp³-hybridized carbons (Fsp3) is 0.250. The zero-order valence-corrected chi connectivity index (χ0v) is 18.5. The van der Waals surface area contributed by atoms with Crippen molar-refractivity contribution in [2.75, 3.05) is 19.0 Å². The van der Waals surface area contributed by atoms with Gasteiger partial charge in [0.15, 0.2) is 11.3 Å². The molecule has 1 aliphatic heterocycles. The van der Waals surface area contributed by atoms with Crippen LogP contribution in [0.2, 0.25) is 10.0 Å². The Morgan fingerprint density at radius 2 is 1.79 bits per heavy atom. The van der Waals surface area contributed by atoms with Crippen LogP contribution in [0.4, 0.5) is 10.5 Å². The fourth-order valence-corrected chi connectivity index (χ4v) is 4.22. The number of ketones is 1. The summed E-state index contributed by atoms with van der Waals surface area (Å²) in [5, 5.41) is 3.36. The van der Waals surface area contributed by atoms with Crippen molar-refractivity contribution in [3.05, 3.63) is 62.5 Å². The van der Waals surface area contributed by atoms with Gasteiger partial charge < -0.3 is 10.1 Å². The summed E-state index contributed by atoms with van der Waals surface area (Å²) in [5.74, 6) is -0.877. The predicted molar refractivity (Wildman–Crippen MR) is 114 cm³/mol. The maximum Gasteiger partial charge on any atom is 0.332 e. The number of Topliss-reactive ketones (excluding diaryl/α,β-unsaturated/α-hetero) is 1. The molecule has 0 bridgehead atoms. The molecule has 2 aromatic carbocycles. The molecule has 0 spiro atoms. The molecule has 0 radical (unpaired) electrons. The highest BCUT2D eigenvalue weighted by Gasteiger charge is 2.54. The number of carbonyl (C=O) groups excluding carboxylic acids is 3. The Kier molecular flexibility index (Phi) is 6.51. The predicted octanol–water partition coefficient (Wildman–Crippen LogP) is 4.72. The number of hydrogen-bond acceptors (Lipinski definition) is 4. The van der Waals surface area contributed by atoms with Crippen LogP contribution in [0.1, 0.15) is 12.0 Å². The molecule has 3 rings (SSSR count). The number of nitrogens with one attached hydrogen (secondary N) is 1. The Bertz CT molecular complexity index is 947. The van der Waals surface area contributed by atoms with E-state index in [9.17, 15) is 14.4 Å². The topological polar surface area (TPSA) is 75.7 Å². The first kappa shape index (κ1) is 21.6. The molecule has 0 aromatic heterocycles. The number of anilines is 1. The van der Waals surface area contributed by atoms with Crippen LogP contribution in [0.25, 0.3) is 0 Å². The second kappa shape index (κ2) is 8.73. The number of halogens is 3. The van der Waals surface area contributed by atoms with Crippen LogP contribution in [0, 0.1) is 0 Å². The van der Waals surface area contributed by atoms with E-state index in [1.54, 1.807) is 0 Å². The first-order chi connectivity index (χ1) is 13.7. The molecule has 1 aliphatic rings. The Morgan fingerprint density at radius 1 is 1.17 bits per heavy atom. The van der Waals surface area contributed by atoms with Gasteiger partial charge in [-0.05, 0) is 35.9 Å². The van der Waals surface area contributed by atoms with Crippen LogP contribution in [0.3, 0.4) is 0 Å². The minimum Gasteiger partial charge on any atom is -0.467 e. The number of esters is 1. The van der Waals surface area contributed by atoms with E-state index >= 15 is 0 Å². The van der Waals surface area contributed by atoms with E-state index in [-0.39, 0.29) is 25.2 Å². The third kappa shape index (κ3) is 4.74. The minimum atomic E-state index is -1.44. The zero-order chi connectivity index (χ0) is 21.2. The van der Waals surface area contributed by atoms with Gasteiger partial charge in [-0.15, -0.1) is 0 Å². The van der Waals surface area contributed by atoms with Crippen molar-refractivity contribution in [2.24, 2.45) is 0 Å². The van der Waals surface area contributed by atoms with Gasteiger partial charge in [-0.1, -0.05) is 51.3 Å². The second-order valence-corrected chi connectivity index (χ2v) is 8.50. The van der Waals surface area contributed by atoms with Gasteiger partial charge >= 0.3 is 12.0 Å². The van der Waals surface area contributed by atoms with Gasteiger partial charge in [0, 0.05) is 33.0 Å². The zero-order valence-electron chi connectivity index (χ0n) is 15.4. The normalized spacial score (nSPS) is 18.6. The summed E-state index contributed by atoms with van der Waals surface area (Å²) < 4.78 is 5.86. The van der Waals surface area contributed by atoms with Crippen molar-refractivity contribution in [1.29, 1.82) is 0 Å². The number of amides is 2. The third-order valence-electron chi connectivity index (χ3n) is 4.67. The summed E-state index contributed by atoms with van der Waals surface area (Å²) in [6.45, 7) is -0.203. The van der Waals surface area contributed by atoms with Crippen LogP contribution >= 0.6 is 39.1 Å². The van der Waals surface area contributed by atoms with Crippen molar-refractivity contribution in [3.63, 3.8) is 0 Å². The van der Waals surface area contributed by atoms with Crippen molar-refractivity contribution in [1.82, 2.24) is 4.90 Å². The van der Waals surface area contributed by atoms with Crippen molar-refractivity contribution in [2.45, 2.75) is 18.4 Å². The van der Waals surface area contributed by atoms with Crippen LogP contribution < -0.4 is 5.32 Å². The number of carbonyl (C=O) groups is 3. The number of likely N-dealkylation sites (tertiary alicyclic amines) is 1. The van der Waals surface area contributed by atoms with Gasteiger partial charge in [0.25, 0.3) is 0 Å². The summed E-state index contributed by atoms with van der Waals surface area (Å²) >= 11 is 15.3. The van der Waals surface area contributed by atoms with E-state index in [2.05, 4.69) is 21.2 Å². The second-order valence-electron chi connectivity index (χ2n) is 6.72. The summed E-state index contributed by atoms with van der Waals surface area (Å²) in [6.07, 6.45) is 0.0157. The number of urea groups is 1. The van der Waals surface area contributed by atoms with Crippen molar-refractivity contribution < 1.29 is 19.1 Å². The smallest absolute Gasteiger partial charge is 0.332 e. The number of rotatable bonds is 4. The molecule has 1 saturated heterocycles. The van der Waals surface area contributed by atoms with Gasteiger partial charge in [0.2, 0.25) is 0 Å². The molecule has 152 valence electrons. The van der Waals surface area contributed by atoms with E-state index < -0.39 is 17.5 Å². The van der Waals surface area contributed by atoms with Crippen molar-refractivity contribution in [3.8, 4) is 0 Å². The maximum absolute atomic E-state index is 13.0. The van der Waals surface area contributed by atoms with Crippen LogP contribution in [0.5, 0.6) is 0 Å². The van der Waals surface area contributed by atoms with Gasteiger partial charge in [0.05, 0.1) is 13.7 Å². The molecule has 0 saturated carbocycles. The Hall–Kier alpha value is -2.09. The highest BCUT2D eigenvalue weighted by Crippen LogP contribution is 2.34. The first-order valence-electron chi connectivity index (χ1n) is 8.63. The largest absolute Gasteiger partial charge is 0.467 e.